The highest BCUT2D eigenvalue weighted by Crippen LogP contribution is 2.30. The van der Waals surface area contributed by atoms with E-state index < -0.39 is 17.6 Å². The minimum atomic E-state index is -0.623. The molecule has 0 saturated carbocycles. The van der Waals surface area contributed by atoms with E-state index in [1.807, 2.05) is 0 Å². The number of hydrogen-bond acceptors (Lipinski definition) is 3. The number of carbonyl (C=O) groups excluding carboxylic acids is 2. The van der Waals surface area contributed by atoms with Crippen molar-refractivity contribution >= 4 is 52.5 Å². The molecule has 1 N–H and O–H groups in total. The number of halogens is 2. The fourth-order valence-electron chi connectivity index (χ4n) is 3.24. The summed E-state index contributed by atoms with van der Waals surface area (Å²) in [5.74, 6) is -1.64. The van der Waals surface area contributed by atoms with Gasteiger partial charge in [0.05, 0.1) is 11.4 Å². The van der Waals surface area contributed by atoms with Gasteiger partial charge in [-0.25, -0.2) is 4.39 Å². The lowest BCUT2D eigenvalue weighted by molar-refractivity contribution is -0.122. The second-order valence-electron chi connectivity index (χ2n) is 6.60. The van der Waals surface area contributed by atoms with Crippen LogP contribution in [0.3, 0.4) is 0 Å². The van der Waals surface area contributed by atoms with Crippen LogP contribution in [0.2, 0.25) is 5.02 Å². The molecule has 3 aromatic rings. The van der Waals surface area contributed by atoms with Crippen molar-refractivity contribution in [1.82, 2.24) is 9.88 Å². The van der Waals surface area contributed by atoms with Crippen LogP contribution in [-0.4, -0.2) is 21.5 Å². The number of nitrogens with zero attached hydrogens (tertiary/aromatic N) is 2. The van der Waals surface area contributed by atoms with Gasteiger partial charge in [0.2, 0.25) is 0 Å². The minimum absolute atomic E-state index is 0.0306. The van der Waals surface area contributed by atoms with Crippen LogP contribution in [0.15, 0.2) is 66.4 Å². The zero-order valence-electron chi connectivity index (χ0n) is 15.7. The van der Waals surface area contributed by atoms with Gasteiger partial charge >= 0.3 is 0 Å². The lowest BCUT2D eigenvalue weighted by atomic mass is 10.1. The maximum Gasteiger partial charge on any atom is 0.270 e. The monoisotopic (exact) mass is 439 g/mol. The van der Waals surface area contributed by atoms with E-state index in [0.717, 1.165) is 0 Å². The van der Waals surface area contributed by atoms with Crippen LogP contribution in [0.5, 0.6) is 0 Å². The topological polar surface area (TPSA) is 54.3 Å². The number of aromatic nitrogens is 1. The molecule has 30 heavy (non-hydrogen) atoms. The van der Waals surface area contributed by atoms with Crippen molar-refractivity contribution in [2.75, 3.05) is 4.90 Å². The number of nitrogens with one attached hydrogen (secondary N) is 1. The van der Waals surface area contributed by atoms with Crippen molar-refractivity contribution in [3.8, 4) is 5.69 Å². The molecule has 0 atom stereocenters. The van der Waals surface area contributed by atoms with Gasteiger partial charge in [-0.1, -0.05) is 29.8 Å². The molecule has 2 heterocycles. The zero-order chi connectivity index (χ0) is 21.4. The molecule has 0 unspecified atom stereocenters. The number of thiocarbonyl (C=S) groups is 1. The summed E-state index contributed by atoms with van der Waals surface area (Å²) in [6, 6.07) is 14.7. The average Bonchev–Trinajstić information content (AvgIpc) is 3.16. The summed E-state index contributed by atoms with van der Waals surface area (Å²) in [4.78, 5) is 27.0. The van der Waals surface area contributed by atoms with E-state index in [1.54, 1.807) is 66.2 Å². The van der Waals surface area contributed by atoms with Gasteiger partial charge in [-0.15, -0.1) is 0 Å². The predicted molar refractivity (Wildman–Crippen MR) is 118 cm³/mol. The van der Waals surface area contributed by atoms with Crippen molar-refractivity contribution in [3.63, 3.8) is 0 Å². The van der Waals surface area contributed by atoms with Crippen molar-refractivity contribution in [1.29, 1.82) is 0 Å². The third-order valence-electron chi connectivity index (χ3n) is 4.77. The number of para-hydroxylation sites is 1. The molecular weight excluding hydrogens is 425 g/mol. The second kappa shape index (κ2) is 7.85. The number of anilines is 1. The average molecular weight is 440 g/mol. The summed E-state index contributed by atoms with van der Waals surface area (Å²) in [6.07, 6.45) is 3.07. The molecule has 1 aliphatic rings. The number of carbonyl (C=O) groups is 2. The largest absolute Gasteiger partial charge is 0.314 e. The first-order valence-electron chi connectivity index (χ1n) is 8.97. The molecule has 1 aromatic heterocycles. The molecule has 0 aliphatic carbocycles. The molecular formula is C22H15ClFN3O2S. The molecule has 2 amide bonds. The van der Waals surface area contributed by atoms with Crippen LogP contribution in [0.4, 0.5) is 10.1 Å². The van der Waals surface area contributed by atoms with Crippen molar-refractivity contribution in [3.05, 3.63) is 88.5 Å². The second-order valence-corrected chi connectivity index (χ2v) is 7.39. The van der Waals surface area contributed by atoms with E-state index in [-0.39, 0.29) is 10.7 Å². The summed E-state index contributed by atoms with van der Waals surface area (Å²) < 4.78 is 15.8. The van der Waals surface area contributed by atoms with Crippen LogP contribution in [0, 0.1) is 12.7 Å². The quantitative estimate of drug-likeness (QED) is 0.373. The molecule has 0 bridgehead atoms. The SMILES string of the molecule is Cc1c(Cl)cccc1N1C(=O)/C(=C/c2cccn2-c2ccccc2F)C(=O)NC1=S. The Balaban J connectivity index is 1.79. The molecule has 8 heteroatoms. The van der Waals surface area contributed by atoms with Crippen LogP contribution in [0.25, 0.3) is 11.8 Å². The van der Waals surface area contributed by atoms with Gasteiger partial charge in [-0.3, -0.25) is 19.8 Å². The standard InChI is InChI=1S/C22H15ClFN3O2S/c1-13-16(23)7-4-10-18(13)27-21(29)15(20(28)25-22(27)30)12-14-6-5-11-26(14)19-9-3-2-8-17(19)24/h2-12H,1H3,(H,25,28,30)/b15-12+. The molecule has 0 spiro atoms. The zero-order valence-corrected chi connectivity index (χ0v) is 17.3. The Bertz CT molecular complexity index is 1230. The first-order valence-corrected chi connectivity index (χ1v) is 9.76. The highest BCUT2D eigenvalue weighted by Gasteiger charge is 2.35. The minimum Gasteiger partial charge on any atom is -0.314 e. The molecule has 150 valence electrons. The van der Waals surface area contributed by atoms with E-state index in [4.69, 9.17) is 23.8 Å². The lowest BCUT2D eigenvalue weighted by Crippen LogP contribution is -2.54. The van der Waals surface area contributed by atoms with Gasteiger partial charge in [-0.2, -0.15) is 0 Å². The summed E-state index contributed by atoms with van der Waals surface area (Å²) in [7, 11) is 0. The highest BCUT2D eigenvalue weighted by molar-refractivity contribution is 7.80. The summed E-state index contributed by atoms with van der Waals surface area (Å²) in [5, 5.41) is 2.98. The summed E-state index contributed by atoms with van der Waals surface area (Å²) in [6.45, 7) is 1.76. The molecule has 1 saturated heterocycles. The molecule has 0 radical (unpaired) electrons. The Labute approximate surface area is 182 Å². The number of rotatable bonds is 3. The van der Waals surface area contributed by atoms with E-state index in [9.17, 15) is 14.0 Å². The van der Waals surface area contributed by atoms with Crippen LogP contribution in [-0.2, 0) is 9.59 Å². The first-order chi connectivity index (χ1) is 14.4. The van der Waals surface area contributed by atoms with E-state index >= 15 is 0 Å². The molecule has 1 fully saturated rings. The van der Waals surface area contributed by atoms with Gasteiger partial charge in [0.25, 0.3) is 11.8 Å². The van der Waals surface area contributed by atoms with Gasteiger partial charge in [0.15, 0.2) is 5.11 Å². The molecule has 2 aromatic carbocycles. The van der Waals surface area contributed by atoms with Crippen molar-refractivity contribution in [2.24, 2.45) is 0 Å². The fraction of sp³-hybridized carbons (Fsp3) is 0.0455. The third-order valence-corrected chi connectivity index (χ3v) is 5.46. The molecule has 1 aliphatic heterocycles. The Hall–Kier alpha value is -3.29. The Morgan fingerprint density at radius 2 is 1.77 bits per heavy atom. The third kappa shape index (κ3) is 3.42. The Morgan fingerprint density at radius 3 is 2.53 bits per heavy atom. The summed E-state index contributed by atoms with van der Waals surface area (Å²) in [5.41, 5.74) is 1.78. The maximum absolute atomic E-state index is 14.3. The Kier molecular flexibility index (Phi) is 5.24. The van der Waals surface area contributed by atoms with Gasteiger partial charge < -0.3 is 4.57 Å². The van der Waals surface area contributed by atoms with E-state index in [0.29, 0.717) is 27.7 Å². The van der Waals surface area contributed by atoms with Gasteiger partial charge in [-0.05, 0) is 67.2 Å². The fourth-order valence-corrected chi connectivity index (χ4v) is 3.68. The van der Waals surface area contributed by atoms with Crippen molar-refractivity contribution < 1.29 is 14.0 Å². The van der Waals surface area contributed by atoms with Crippen LogP contribution >= 0.6 is 23.8 Å². The first kappa shape index (κ1) is 20.0. The van der Waals surface area contributed by atoms with Gasteiger partial charge in [0, 0.05) is 16.9 Å². The number of amides is 2. The van der Waals surface area contributed by atoms with E-state index in [1.165, 1.54) is 17.0 Å². The highest BCUT2D eigenvalue weighted by atomic mass is 35.5. The number of benzene rings is 2. The number of hydrogen-bond donors (Lipinski definition) is 1. The predicted octanol–water partition coefficient (Wildman–Crippen LogP) is 4.41. The Morgan fingerprint density at radius 1 is 1.03 bits per heavy atom. The van der Waals surface area contributed by atoms with Gasteiger partial charge in [0.1, 0.15) is 11.4 Å². The maximum atomic E-state index is 14.3. The van der Waals surface area contributed by atoms with Crippen LogP contribution in [0.1, 0.15) is 11.3 Å². The normalized spacial score (nSPS) is 15.6. The lowest BCUT2D eigenvalue weighted by Gasteiger charge is -2.30. The smallest absolute Gasteiger partial charge is 0.270 e. The molecule has 4 rings (SSSR count). The summed E-state index contributed by atoms with van der Waals surface area (Å²) >= 11 is 11.4. The molecule has 5 nitrogen and oxygen atoms in total. The van der Waals surface area contributed by atoms with E-state index in [2.05, 4.69) is 5.32 Å². The van der Waals surface area contributed by atoms with Crippen LogP contribution < -0.4 is 10.2 Å². The van der Waals surface area contributed by atoms with Crippen molar-refractivity contribution in [2.45, 2.75) is 6.92 Å².